The molecule has 2 aliphatic rings. The van der Waals surface area contributed by atoms with Crippen molar-refractivity contribution < 1.29 is 88.2 Å². The summed E-state index contributed by atoms with van der Waals surface area (Å²) in [5, 5.41) is 84.5. The highest BCUT2D eigenvalue weighted by Crippen LogP contribution is 2.23. The molecule has 0 unspecified atom stereocenters. The van der Waals surface area contributed by atoms with Gasteiger partial charge in [-0.3, -0.25) is 52.7 Å². The molecule has 30 nitrogen and oxygen atoms in total. The van der Waals surface area contributed by atoms with Crippen LogP contribution in [0.2, 0.25) is 0 Å². The summed E-state index contributed by atoms with van der Waals surface area (Å²) < 4.78 is 0. The second-order valence-corrected chi connectivity index (χ2v) is 25.5. The fraction of sp³-hybridized carbons (Fsp3) is 0.619. The van der Waals surface area contributed by atoms with Gasteiger partial charge in [-0.2, -0.15) is 0 Å². The number of likely N-dealkylation sites (tertiary alicyclic amines) is 2. The van der Waals surface area contributed by atoms with Gasteiger partial charge in [-0.25, -0.2) is 4.79 Å². The lowest BCUT2D eigenvalue weighted by molar-refractivity contribution is -0.146. The Labute approximate surface area is 541 Å². The number of aliphatic hydroxyl groups excluding tert-OH is 3. The van der Waals surface area contributed by atoms with Gasteiger partial charge in [0.2, 0.25) is 65.0 Å². The van der Waals surface area contributed by atoms with Gasteiger partial charge in [-0.15, -0.1) is 0 Å². The van der Waals surface area contributed by atoms with Crippen molar-refractivity contribution in [1.29, 1.82) is 0 Å². The molecule has 0 saturated carbocycles. The van der Waals surface area contributed by atoms with Crippen molar-refractivity contribution in [2.75, 3.05) is 19.6 Å². The number of phenolic OH excluding ortho intramolecular Hbond substituents is 2. The van der Waals surface area contributed by atoms with E-state index in [0.29, 0.717) is 17.5 Å². The average molecular weight is 1310 g/mol. The summed E-state index contributed by atoms with van der Waals surface area (Å²) in [5.74, 6) is -12.8. The third kappa shape index (κ3) is 22.7. The van der Waals surface area contributed by atoms with E-state index in [2.05, 4.69) is 47.9 Å². The zero-order valence-corrected chi connectivity index (χ0v) is 54.6. The first-order valence-electron chi connectivity index (χ1n) is 31.4. The van der Waals surface area contributed by atoms with Crippen molar-refractivity contribution in [3.63, 3.8) is 0 Å². The van der Waals surface area contributed by atoms with E-state index in [4.69, 9.17) is 5.73 Å². The summed E-state index contributed by atoms with van der Waals surface area (Å²) in [6.07, 6.45) is -4.08. The maximum Gasteiger partial charge on any atom is 0.326 e. The Kier molecular flexibility index (Phi) is 29.4. The predicted molar refractivity (Wildman–Crippen MR) is 336 cm³/mol. The van der Waals surface area contributed by atoms with Gasteiger partial charge < -0.3 is 94.0 Å². The summed E-state index contributed by atoms with van der Waals surface area (Å²) in [6, 6.07) is -3.89. The average Bonchev–Trinajstić information content (AvgIpc) is 1.78. The summed E-state index contributed by atoms with van der Waals surface area (Å²) in [4.78, 5) is 167. The third-order valence-electron chi connectivity index (χ3n) is 16.1. The van der Waals surface area contributed by atoms with Gasteiger partial charge >= 0.3 is 5.97 Å². The Bertz CT molecular complexity index is 2940. The SMILES string of the molecule is CC(C)C[C@H](NC(=O)[C@H](Cc1ccc(O)cc1)NC(=O)[C@H](Cc1ccc(O)cc1)NC(=O)[C@@H](NC(=O)[C@@H]1CCCN1C(=O)[C@@H](NC(=O)[C@@H](N)C(C)C)[C@@H](C)O)C(C)C)C(=O)NCC(=O)N[C@H](C(=O)N1CCC[C@H]1C(=O)N[C@H](C(=O)N[C@H](C(=O)O)C(C)C)[C@@H](C)O)[C@@H](C)O. The van der Waals surface area contributed by atoms with Gasteiger partial charge in [0.05, 0.1) is 30.9 Å². The van der Waals surface area contributed by atoms with Gasteiger partial charge in [0.25, 0.3) is 0 Å². The molecule has 14 atom stereocenters. The molecule has 2 aromatic carbocycles. The number of aliphatic carboxylic acids is 1. The largest absolute Gasteiger partial charge is 0.508 e. The second kappa shape index (κ2) is 35.5. The molecular weight excluding hydrogens is 1210 g/mol. The van der Waals surface area contributed by atoms with E-state index in [1.54, 1.807) is 55.4 Å². The highest BCUT2D eigenvalue weighted by molar-refractivity contribution is 5.99. The molecule has 30 heteroatoms. The molecule has 0 aromatic heterocycles. The number of hydrogen-bond acceptors (Lipinski definition) is 18. The van der Waals surface area contributed by atoms with Crippen molar-refractivity contribution in [3.05, 3.63) is 59.7 Å². The van der Waals surface area contributed by atoms with Crippen LogP contribution in [0, 0.1) is 23.7 Å². The maximum atomic E-state index is 14.8. The monoisotopic (exact) mass is 1310 g/mol. The predicted octanol–water partition coefficient (Wildman–Crippen LogP) is -2.57. The molecule has 17 N–H and O–H groups in total. The number of nitrogens with zero attached hydrogens (tertiary/aromatic N) is 2. The first kappa shape index (κ1) is 77.0. The van der Waals surface area contributed by atoms with Gasteiger partial charge in [-0.1, -0.05) is 79.7 Å². The van der Waals surface area contributed by atoms with Crippen LogP contribution in [-0.4, -0.2) is 216 Å². The minimum Gasteiger partial charge on any atom is -0.508 e. The van der Waals surface area contributed by atoms with E-state index >= 15 is 0 Å². The molecule has 2 fully saturated rings. The molecule has 2 aromatic rings. The Balaban J connectivity index is 1.54. The number of carbonyl (C=O) groups excluding carboxylic acids is 11. The molecule has 4 rings (SSSR count). The van der Waals surface area contributed by atoms with Crippen LogP contribution in [-0.2, 0) is 70.4 Å². The summed E-state index contributed by atoms with van der Waals surface area (Å²) in [5.41, 5.74) is 6.87. The number of amides is 11. The number of phenols is 2. The van der Waals surface area contributed by atoms with Crippen molar-refractivity contribution in [3.8, 4) is 11.5 Å². The smallest absolute Gasteiger partial charge is 0.326 e. The van der Waals surface area contributed by atoms with E-state index < -0.39 is 174 Å². The van der Waals surface area contributed by atoms with E-state index in [1.807, 2.05) is 0 Å². The lowest BCUT2D eigenvalue weighted by Crippen LogP contribution is -2.62. The minimum atomic E-state index is -1.68. The number of carbonyl (C=O) groups is 12. The van der Waals surface area contributed by atoms with Crippen molar-refractivity contribution >= 4 is 70.9 Å². The molecule has 2 heterocycles. The zero-order valence-electron chi connectivity index (χ0n) is 54.6. The molecule has 516 valence electrons. The summed E-state index contributed by atoms with van der Waals surface area (Å²) >= 11 is 0. The molecule has 11 amide bonds. The standard InChI is InChI=1S/C63H96N12O18/c1-30(2)26-41(53(82)65-29-46(81)69-51(35(10)77)61(90)74-24-13-15-45(74)57(86)72-50(34(9)76)60(89)71-49(33(7)8)63(92)93)66-54(83)42(27-37-16-20-39(79)21-17-37)67-55(84)43(28-38-18-22-40(80)23-19-38)68-59(88)48(32(5)6)70-56(85)44-14-12-25-75(44)62(91)52(36(11)78)73-58(87)47(64)31(3)4/h16-23,30-36,41-45,47-52,76-80H,12-15,24-29,64H2,1-11H3,(H,65,82)(H,66,83)(H,67,84)(H,68,88)(H,69,81)(H,70,85)(H,71,89)(H,72,86)(H,73,87)(H,92,93)/t34-,35-,36-,41+,42+,43+,44+,45+,47+,48+,49+,50+,51+,52+/m1/s1. The van der Waals surface area contributed by atoms with Crippen molar-refractivity contribution in [2.24, 2.45) is 29.4 Å². The molecular formula is C63H96N12O18. The first-order valence-corrected chi connectivity index (χ1v) is 31.4. The molecule has 2 saturated heterocycles. The Hall–Kier alpha value is -8.48. The number of aromatic hydroxyl groups is 2. The second-order valence-electron chi connectivity index (χ2n) is 25.5. The lowest BCUT2D eigenvalue weighted by Gasteiger charge is -2.32. The molecule has 0 spiro atoms. The van der Waals surface area contributed by atoms with Crippen LogP contribution >= 0.6 is 0 Å². The number of aliphatic hydroxyl groups is 3. The number of benzene rings is 2. The topological polar surface area (TPSA) is 467 Å². The number of rotatable bonds is 33. The minimum absolute atomic E-state index is 0.0250. The van der Waals surface area contributed by atoms with Crippen LogP contribution in [0.15, 0.2) is 48.5 Å². The van der Waals surface area contributed by atoms with E-state index in [0.717, 1.165) is 4.90 Å². The van der Waals surface area contributed by atoms with E-state index in [-0.39, 0.29) is 74.9 Å². The lowest BCUT2D eigenvalue weighted by atomic mass is 9.99. The van der Waals surface area contributed by atoms with Gasteiger partial charge in [-0.05, 0) is 112 Å². The molecule has 93 heavy (non-hydrogen) atoms. The fourth-order valence-electron chi connectivity index (χ4n) is 10.7. The normalized spacial score (nSPS) is 18.7. The number of carboxylic acids is 1. The van der Waals surface area contributed by atoms with Gasteiger partial charge in [0.1, 0.15) is 71.9 Å². The Morgan fingerprint density at radius 1 is 0.462 bits per heavy atom. The van der Waals surface area contributed by atoms with Crippen LogP contribution in [0.5, 0.6) is 11.5 Å². The number of nitrogens with two attached hydrogens (primary N) is 1. The fourth-order valence-corrected chi connectivity index (χ4v) is 10.7. The zero-order chi connectivity index (χ0) is 69.9. The molecule has 0 bridgehead atoms. The van der Waals surface area contributed by atoms with Crippen molar-refractivity contribution in [2.45, 2.75) is 206 Å². The number of hydrogen-bond donors (Lipinski definition) is 16. The highest BCUT2D eigenvalue weighted by atomic mass is 16.4. The van der Waals surface area contributed by atoms with Crippen LogP contribution in [0.4, 0.5) is 0 Å². The van der Waals surface area contributed by atoms with E-state index in [9.17, 15) is 88.2 Å². The molecule has 0 aliphatic carbocycles. The van der Waals surface area contributed by atoms with Gasteiger partial charge in [0.15, 0.2) is 0 Å². The summed E-state index contributed by atoms with van der Waals surface area (Å²) in [7, 11) is 0. The Morgan fingerprint density at radius 3 is 1.25 bits per heavy atom. The number of carboxylic acid groups (broad SMARTS) is 1. The molecule has 2 aliphatic heterocycles. The summed E-state index contributed by atoms with van der Waals surface area (Å²) in [6.45, 7) is 16.2. The molecule has 0 radical (unpaired) electrons. The maximum absolute atomic E-state index is 14.8. The van der Waals surface area contributed by atoms with Crippen LogP contribution in [0.25, 0.3) is 0 Å². The Morgan fingerprint density at radius 2 is 0.849 bits per heavy atom. The quantitative estimate of drug-likeness (QED) is 0.0349. The van der Waals surface area contributed by atoms with Crippen LogP contribution in [0.1, 0.15) is 119 Å². The van der Waals surface area contributed by atoms with Gasteiger partial charge in [0, 0.05) is 25.9 Å². The van der Waals surface area contributed by atoms with Crippen molar-refractivity contribution in [1.82, 2.24) is 57.7 Å². The third-order valence-corrected chi connectivity index (χ3v) is 16.1. The number of nitrogens with one attached hydrogen (secondary N) is 9. The van der Waals surface area contributed by atoms with Crippen LogP contribution < -0.4 is 53.6 Å². The highest BCUT2D eigenvalue weighted by Gasteiger charge is 2.44. The van der Waals surface area contributed by atoms with E-state index in [1.165, 1.54) is 74.2 Å². The first-order chi connectivity index (χ1) is 43.5. The van der Waals surface area contributed by atoms with Crippen LogP contribution in [0.3, 0.4) is 0 Å².